The van der Waals surface area contributed by atoms with E-state index in [4.69, 9.17) is 16.2 Å². The number of benzene rings is 1. The molecule has 1 rings (SSSR count). The first-order valence-electron chi connectivity index (χ1n) is 12.7. The number of nitrogens with one attached hydrogen (secondary N) is 4. The fourth-order valence-electron chi connectivity index (χ4n) is 3.29. The normalized spacial score (nSPS) is 13.3. The van der Waals surface area contributed by atoms with Gasteiger partial charge in [0.15, 0.2) is 0 Å². The third-order valence-corrected chi connectivity index (χ3v) is 6.03. The molecule has 0 aliphatic rings. The Balaban J connectivity index is 2.87. The van der Waals surface area contributed by atoms with Crippen molar-refractivity contribution in [3.05, 3.63) is 29.8 Å². The number of hydrogen-bond donors (Lipinski definition) is 6. The summed E-state index contributed by atoms with van der Waals surface area (Å²) < 4.78 is 5.35. The summed E-state index contributed by atoms with van der Waals surface area (Å²) in [7, 11) is 0. The number of primary amides is 1. The lowest BCUT2D eigenvalue weighted by molar-refractivity contribution is -0.150. The van der Waals surface area contributed by atoms with Crippen molar-refractivity contribution in [3.8, 4) is 0 Å². The lowest BCUT2D eigenvalue weighted by atomic mass is 9.99. The Kier molecular flexibility index (Phi) is 13.8. The topological polar surface area (TPSA) is 195 Å². The molecule has 5 amide bonds. The lowest BCUT2D eigenvalue weighted by Crippen LogP contribution is -2.55. The van der Waals surface area contributed by atoms with Gasteiger partial charge in [0, 0.05) is 12.2 Å². The van der Waals surface area contributed by atoms with Crippen molar-refractivity contribution >= 4 is 35.4 Å². The number of esters is 1. The van der Waals surface area contributed by atoms with Crippen molar-refractivity contribution in [2.45, 2.75) is 66.2 Å². The van der Waals surface area contributed by atoms with Gasteiger partial charge in [-0.25, -0.2) is 4.79 Å². The summed E-state index contributed by atoms with van der Waals surface area (Å²) in [6.45, 7) is 9.30. The van der Waals surface area contributed by atoms with Gasteiger partial charge in [0.05, 0.1) is 12.5 Å². The number of rotatable bonds is 15. The van der Waals surface area contributed by atoms with Gasteiger partial charge in [0.25, 0.3) is 0 Å². The minimum Gasteiger partial charge on any atom is -0.461 e. The highest BCUT2D eigenvalue weighted by atomic mass is 16.5. The zero-order valence-corrected chi connectivity index (χ0v) is 22.8. The van der Waals surface area contributed by atoms with Crippen LogP contribution in [0.5, 0.6) is 0 Å². The largest absolute Gasteiger partial charge is 0.461 e. The molecule has 3 atom stereocenters. The fourth-order valence-corrected chi connectivity index (χ4v) is 3.29. The van der Waals surface area contributed by atoms with Gasteiger partial charge in [-0.15, -0.1) is 0 Å². The van der Waals surface area contributed by atoms with Crippen LogP contribution in [-0.4, -0.2) is 54.9 Å². The third-order valence-electron chi connectivity index (χ3n) is 6.03. The van der Waals surface area contributed by atoms with E-state index in [9.17, 15) is 24.0 Å². The molecule has 1 aromatic rings. The molecule has 38 heavy (non-hydrogen) atoms. The van der Waals surface area contributed by atoms with Gasteiger partial charge in [-0.05, 0) is 42.4 Å². The van der Waals surface area contributed by atoms with Gasteiger partial charge < -0.3 is 37.5 Å². The molecule has 0 saturated heterocycles. The number of carbonyl (C=O) groups excluding carboxylic acids is 5. The van der Waals surface area contributed by atoms with E-state index in [1.165, 1.54) is 0 Å². The van der Waals surface area contributed by atoms with Crippen molar-refractivity contribution in [1.82, 2.24) is 16.0 Å². The Hall–Kier alpha value is -3.67. The van der Waals surface area contributed by atoms with Gasteiger partial charge in [-0.1, -0.05) is 46.8 Å². The summed E-state index contributed by atoms with van der Waals surface area (Å²) in [5.41, 5.74) is 11.7. The molecule has 0 aliphatic carbocycles. The van der Waals surface area contributed by atoms with Crippen LogP contribution in [0.4, 0.5) is 10.5 Å². The maximum Gasteiger partial charge on any atom is 0.312 e. The summed E-state index contributed by atoms with van der Waals surface area (Å²) in [5, 5.41) is 10.5. The quantitative estimate of drug-likeness (QED) is 0.142. The van der Waals surface area contributed by atoms with Crippen LogP contribution >= 0.6 is 0 Å². The fraction of sp³-hybridized carbons (Fsp3) is 0.577. The average Bonchev–Trinajstić information content (AvgIpc) is 2.86. The summed E-state index contributed by atoms with van der Waals surface area (Å²) in [4.78, 5) is 60.8. The van der Waals surface area contributed by atoms with Crippen LogP contribution in [0.3, 0.4) is 0 Å². The zero-order chi connectivity index (χ0) is 28.8. The molecule has 12 nitrogen and oxygen atoms in total. The van der Waals surface area contributed by atoms with Crippen LogP contribution in [0.2, 0.25) is 0 Å². The molecular weight excluding hydrogens is 492 g/mol. The van der Waals surface area contributed by atoms with Crippen LogP contribution in [-0.2, 0) is 30.5 Å². The van der Waals surface area contributed by atoms with Gasteiger partial charge in [0.1, 0.15) is 18.7 Å². The second-order valence-electron chi connectivity index (χ2n) is 9.81. The Bertz CT molecular complexity index is 950. The van der Waals surface area contributed by atoms with Crippen molar-refractivity contribution < 1.29 is 28.7 Å². The molecule has 0 aromatic heterocycles. The van der Waals surface area contributed by atoms with Crippen molar-refractivity contribution in [2.75, 3.05) is 18.4 Å². The number of anilines is 1. The van der Waals surface area contributed by atoms with E-state index in [0.29, 0.717) is 12.1 Å². The maximum absolute atomic E-state index is 13.1. The van der Waals surface area contributed by atoms with E-state index in [1.54, 1.807) is 38.1 Å². The molecule has 0 aliphatic heterocycles. The highest BCUT2D eigenvalue weighted by molar-refractivity contribution is 5.98. The lowest BCUT2D eigenvalue weighted by Gasteiger charge is -2.25. The Morgan fingerprint density at radius 1 is 0.895 bits per heavy atom. The smallest absolute Gasteiger partial charge is 0.312 e. The molecule has 0 saturated carbocycles. The zero-order valence-electron chi connectivity index (χ0n) is 22.8. The average molecular weight is 535 g/mol. The molecule has 0 fully saturated rings. The predicted molar refractivity (Wildman–Crippen MR) is 143 cm³/mol. The molecule has 0 heterocycles. The molecule has 3 unspecified atom stereocenters. The second kappa shape index (κ2) is 16.2. The van der Waals surface area contributed by atoms with E-state index in [2.05, 4.69) is 21.3 Å². The van der Waals surface area contributed by atoms with Crippen molar-refractivity contribution in [2.24, 2.45) is 29.2 Å². The van der Waals surface area contributed by atoms with E-state index in [0.717, 1.165) is 5.56 Å². The molecule has 8 N–H and O–H groups in total. The monoisotopic (exact) mass is 534 g/mol. The Morgan fingerprint density at radius 2 is 1.53 bits per heavy atom. The van der Waals surface area contributed by atoms with Gasteiger partial charge in [0.2, 0.25) is 17.7 Å². The van der Waals surface area contributed by atoms with Crippen LogP contribution in [0, 0.1) is 17.8 Å². The minimum atomic E-state index is -0.952. The van der Waals surface area contributed by atoms with Crippen LogP contribution in [0.1, 0.15) is 53.0 Å². The Labute approximate surface area is 224 Å². The summed E-state index contributed by atoms with van der Waals surface area (Å²) >= 11 is 0. The first-order valence-corrected chi connectivity index (χ1v) is 12.7. The highest BCUT2D eigenvalue weighted by Crippen LogP contribution is 2.15. The standard InChI is InChI=1S/C26H42N6O6/c1-15(2)17(5)25(36)38-14-18-8-10-19(11-9-18)30-23(34)20(7-6-12-29-26(28)37)31-24(35)22(16(3)4)32-21(33)13-27/h8-11,15-17,20,22H,6-7,12-14,27H2,1-5H3,(H,30,34)(H,31,35)(H,32,33)(H3,28,29,37). The summed E-state index contributed by atoms with van der Waals surface area (Å²) in [6.07, 6.45) is 0.567. The first kappa shape index (κ1) is 32.4. The van der Waals surface area contributed by atoms with Gasteiger partial charge in [-0.2, -0.15) is 0 Å². The van der Waals surface area contributed by atoms with Crippen molar-refractivity contribution in [3.63, 3.8) is 0 Å². The van der Waals surface area contributed by atoms with Crippen LogP contribution < -0.4 is 32.7 Å². The second-order valence-corrected chi connectivity index (χ2v) is 9.81. The van der Waals surface area contributed by atoms with Gasteiger partial charge >= 0.3 is 12.0 Å². The highest BCUT2D eigenvalue weighted by Gasteiger charge is 2.28. The first-order chi connectivity index (χ1) is 17.8. The van der Waals surface area contributed by atoms with Crippen LogP contribution in [0.25, 0.3) is 0 Å². The number of nitrogens with two attached hydrogens (primary N) is 2. The van der Waals surface area contributed by atoms with E-state index in [-0.39, 0.29) is 49.8 Å². The number of amides is 5. The third kappa shape index (κ3) is 11.6. The van der Waals surface area contributed by atoms with Crippen molar-refractivity contribution in [1.29, 1.82) is 0 Å². The number of carbonyl (C=O) groups is 5. The van der Waals surface area contributed by atoms with E-state index in [1.807, 2.05) is 20.8 Å². The Morgan fingerprint density at radius 3 is 2.05 bits per heavy atom. The number of urea groups is 1. The summed E-state index contributed by atoms with van der Waals surface area (Å²) in [5.74, 6) is -2.06. The molecular formula is C26H42N6O6. The minimum absolute atomic E-state index is 0.112. The molecule has 1 aromatic carbocycles. The molecule has 12 heteroatoms. The predicted octanol–water partition coefficient (Wildman–Crippen LogP) is 0.993. The number of hydrogen-bond acceptors (Lipinski definition) is 7. The summed E-state index contributed by atoms with van der Waals surface area (Å²) in [6, 6.07) is 4.26. The van der Waals surface area contributed by atoms with E-state index >= 15 is 0 Å². The molecule has 0 spiro atoms. The molecule has 212 valence electrons. The van der Waals surface area contributed by atoms with Crippen LogP contribution in [0.15, 0.2) is 24.3 Å². The number of ether oxygens (including phenoxy) is 1. The van der Waals surface area contributed by atoms with Gasteiger partial charge in [-0.3, -0.25) is 19.2 Å². The molecule has 0 bridgehead atoms. The SMILES string of the molecule is CC(C)C(C)C(=O)OCc1ccc(NC(=O)C(CCCNC(N)=O)NC(=O)C(NC(=O)CN)C(C)C)cc1. The maximum atomic E-state index is 13.1. The molecule has 0 radical (unpaired) electrons. The van der Waals surface area contributed by atoms with E-state index < -0.39 is 35.8 Å².